The van der Waals surface area contributed by atoms with Crippen molar-refractivity contribution in [3.8, 4) is 0 Å². The fourth-order valence-corrected chi connectivity index (χ4v) is 1.71. The van der Waals surface area contributed by atoms with E-state index in [1.807, 2.05) is 6.92 Å². The number of nitrogens with one attached hydrogen (secondary N) is 1. The van der Waals surface area contributed by atoms with Crippen molar-refractivity contribution in [2.45, 2.75) is 19.4 Å². The zero-order valence-corrected chi connectivity index (χ0v) is 8.64. The summed E-state index contributed by atoms with van der Waals surface area (Å²) in [6, 6.07) is 0.156. The first-order valence-corrected chi connectivity index (χ1v) is 5.07. The van der Waals surface area contributed by atoms with Crippen LogP contribution in [-0.2, 0) is 4.74 Å². The van der Waals surface area contributed by atoms with E-state index in [4.69, 9.17) is 4.74 Å². The van der Waals surface area contributed by atoms with Crippen molar-refractivity contribution in [2.75, 3.05) is 19.8 Å². The van der Waals surface area contributed by atoms with Gasteiger partial charge < -0.3 is 9.64 Å². The molecule has 1 N–H and O–H groups in total. The smallest absolute Gasteiger partial charge is 0.276 e. The third kappa shape index (κ3) is 1.99. The Morgan fingerprint density at radius 1 is 1.80 bits per heavy atom. The topological polar surface area (TPSA) is 71.1 Å². The molecule has 0 spiro atoms. The lowest BCUT2D eigenvalue weighted by atomic mass is 10.1. The average Bonchev–Trinajstić information content (AvgIpc) is 2.81. The Morgan fingerprint density at radius 3 is 3.33 bits per heavy atom. The SMILES string of the molecule is CCC1COCCN1C(=O)c1cn[nH]n1. The maximum atomic E-state index is 12.0. The van der Waals surface area contributed by atoms with Crippen LogP contribution in [0, 0.1) is 0 Å². The fraction of sp³-hybridized carbons (Fsp3) is 0.667. The first-order valence-electron chi connectivity index (χ1n) is 5.07. The zero-order valence-electron chi connectivity index (χ0n) is 8.64. The summed E-state index contributed by atoms with van der Waals surface area (Å²) >= 11 is 0. The molecule has 1 aromatic rings. The number of amides is 1. The van der Waals surface area contributed by atoms with E-state index in [1.54, 1.807) is 4.90 Å². The number of carbonyl (C=O) groups excluding carboxylic acids is 1. The first-order chi connectivity index (χ1) is 7.33. The molecule has 0 radical (unpaired) electrons. The Kier molecular flexibility index (Phi) is 2.96. The molecule has 6 nitrogen and oxygen atoms in total. The van der Waals surface area contributed by atoms with Gasteiger partial charge in [-0.1, -0.05) is 6.92 Å². The summed E-state index contributed by atoms with van der Waals surface area (Å²) in [7, 11) is 0. The highest BCUT2D eigenvalue weighted by Gasteiger charge is 2.27. The molecular weight excluding hydrogens is 196 g/mol. The Balaban J connectivity index is 2.11. The minimum Gasteiger partial charge on any atom is -0.377 e. The van der Waals surface area contributed by atoms with Gasteiger partial charge in [-0.2, -0.15) is 15.4 Å². The number of morpholine rings is 1. The van der Waals surface area contributed by atoms with E-state index >= 15 is 0 Å². The lowest BCUT2D eigenvalue weighted by molar-refractivity contribution is -0.00310. The molecule has 82 valence electrons. The maximum absolute atomic E-state index is 12.0. The van der Waals surface area contributed by atoms with Crippen LogP contribution in [0.3, 0.4) is 0 Å². The normalized spacial score (nSPS) is 21.7. The van der Waals surface area contributed by atoms with E-state index in [0.29, 0.717) is 25.5 Å². The standard InChI is InChI=1S/C9H14N4O2/c1-2-7-6-15-4-3-13(7)9(14)8-5-10-12-11-8/h5,7H,2-4,6H2,1H3,(H,10,11,12). The van der Waals surface area contributed by atoms with Gasteiger partial charge in [-0.15, -0.1) is 0 Å². The second-order valence-electron chi connectivity index (χ2n) is 3.49. The number of nitrogens with zero attached hydrogens (tertiary/aromatic N) is 3. The minimum atomic E-state index is -0.0705. The quantitative estimate of drug-likeness (QED) is 0.749. The van der Waals surface area contributed by atoms with E-state index in [9.17, 15) is 4.79 Å². The molecule has 15 heavy (non-hydrogen) atoms. The lowest BCUT2D eigenvalue weighted by Crippen LogP contribution is -2.48. The molecule has 0 aromatic carbocycles. The summed E-state index contributed by atoms with van der Waals surface area (Å²) in [5.41, 5.74) is 0.371. The molecule has 0 aliphatic carbocycles. The number of ether oxygens (including phenoxy) is 1. The molecule has 1 aliphatic heterocycles. The zero-order chi connectivity index (χ0) is 10.7. The van der Waals surface area contributed by atoms with Crippen molar-refractivity contribution in [1.82, 2.24) is 20.3 Å². The van der Waals surface area contributed by atoms with E-state index in [2.05, 4.69) is 15.4 Å². The molecule has 1 fully saturated rings. The average molecular weight is 210 g/mol. The summed E-state index contributed by atoms with van der Waals surface area (Å²) in [6.45, 7) is 3.88. The second-order valence-corrected chi connectivity index (χ2v) is 3.49. The second kappa shape index (κ2) is 4.39. The van der Waals surface area contributed by atoms with E-state index < -0.39 is 0 Å². The van der Waals surface area contributed by atoms with Crippen LogP contribution in [0.1, 0.15) is 23.8 Å². The van der Waals surface area contributed by atoms with Gasteiger partial charge in [-0.25, -0.2) is 0 Å². The van der Waals surface area contributed by atoms with Crippen LogP contribution < -0.4 is 0 Å². The third-order valence-electron chi connectivity index (χ3n) is 2.59. The van der Waals surface area contributed by atoms with Gasteiger partial charge >= 0.3 is 0 Å². The van der Waals surface area contributed by atoms with Crippen molar-refractivity contribution < 1.29 is 9.53 Å². The summed E-state index contributed by atoms with van der Waals surface area (Å²) in [5.74, 6) is -0.0705. The lowest BCUT2D eigenvalue weighted by Gasteiger charge is -2.34. The van der Waals surface area contributed by atoms with Gasteiger partial charge in [0, 0.05) is 6.54 Å². The Bertz CT molecular complexity index is 325. The molecule has 1 saturated heterocycles. The Hall–Kier alpha value is -1.43. The number of rotatable bonds is 2. The highest BCUT2D eigenvalue weighted by atomic mass is 16.5. The molecule has 2 heterocycles. The summed E-state index contributed by atoms with van der Waals surface area (Å²) < 4.78 is 5.33. The van der Waals surface area contributed by atoms with Crippen molar-refractivity contribution in [1.29, 1.82) is 0 Å². The van der Waals surface area contributed by atoms with Crippen LogP contribution in [-0.4, -0.2) is 52.0 Å². The van der Waals surface area contributed by atoms with E-state index in [-0.39, 0.29) is 11.9 Å². The molecular formula is C9H14N4O2. The van der Waals surface area contributed by atoms with Crippen molar-refractivity contribution >= 4 is 5.91 Å². The van der Waals surface area contributed by atoms with E-state index in [1.165, 1.54) is 6.20 Å². The summed E-state index contributed by atoms with van der Waals surface area (Å²) in [4.78, 5) is 13.8. The number of hydrogen-bond acceptors (Lipinski definition) is 4. The monoisotopic (exact) mass is 210 g/mol. The number of H-pyrrole nitrogens is 1. The van der Waals surface area contributed by atoms with Gasteiger partial charge in [-0.3, -0.25) is 4.79 Å². The van der Waals surface area contributed by atoms with Crippen LogP contribution >= 0.6 is 0 Å². The van der Waals surface area contributed by atoms with Gasteiger partial charge in [0.1, 0.15) is 0 Å². The van der Waals surface area contributed by atoms with Crippen LogP contribution in [0.2, 0.25) is 0 Å². The van der Waals surface area contributed by atoms with Gasteiger partial charge in [0.2, 0.25) is 0 Å². The molecule has 1 aromatic heterocycles. The minimum absolute atomic E-state index is 0.0705. The van der Waals surface area contributed by atoms with Gasteiger partial charge in [0.15, 0.2) is 5.69 Å². The fourth-order valence-electron chi connectivity index (χ4n) is 1.71. The Labute approximate surface area is 87.6 Å². The van der Waals surface area contributed by atoms with Crippen LogP contribution in [0.5, 0.6) is 0 Å². The van der Waals surface area contributed by atoms with Crippen molar-refractivity contribution in [3.63, 3.8) is 0 Å². The van der Waals surface area contributed by atoms with E-state index in [0.717, 1.165) is 6.42 Å². The molecule has 1 amide bonds. The number of aromatic nitrogens is 3. The van der Waals surface area contributed by atoms with Crippen LogP contribution in [0.4, 0.5) is 0 Å². The maximum Gasteiger partial charge on any atom is 0.276 e. The number of carbonyl (C=O) groups is 1. The number of hydrogen-bond donors (Lipinski definition) is 1. The van der Waals surface area contributed by atoms with Gasteiger partial charge in [-0.05, 0) is 6.42 Å². The molecule has 1 atom stereocenters. The highest BCUT2D eigenvalue weighted by Crippen LogP contribution is 2.12. The summed E-state index contributed by atoms with van der Waals surface area (Å²) in [6.07, 6.45) is 2.34. The van der Waals surface area contributed by atoms with Crippen LogP contribution in [0.15, 0.2) is 6.20 Å². The predicted molar refractivity (Wildman–Crippen MR) is 52.3 cm³/mol. The molecule has 6 heteroatoms. The van der Waals surface area contributed by atoms with Crippen LogP contribution in [0.25, 0.3) is 0 Å². The summed E-state index contributed by atoms with van der Waals surface area (Å²) in [5, 5.41) is 9.87. The molecule has 0 bridgehead atoms. The highest BCUT2D eigenvalue weighted by molar-refractivity contribution is 5.92. The number of aromatic amines is 1. The largest absolute Gasteiger partial charge is 0.377 e. The molecule has 2 rings (SSSR count). The van der Waals surface area contributed by atoms with Gasteiger partial charge in [0.05, 0.1) is 25.5 Å². The Morgan fingerprint density at radius 2 is 2.67 bits per heavy atom. The van der Waals surface area contributed by atoms with Crippen molar-refractivity contribution in [2.24, 2.45) is 0 Å². The molecule has 0 saturated carbocycles. The first kappa shape index (κ1) is 10.1. The van der Waals surface area contributed by atoms with Crippen molar-refractivity contribution in [3.05, 3.63) is 11.9 Å². The van der Waals surface area contributed by atoms with Gasteiger partial charge in [0.25, 0.3) is 5.91 Å². The predicted octanol–water partition coefficient (Wildman–Crippen LogP) is 0.0557. The molecule has 1 aliphatic rings. The molecule has 1 unspecified atom stereocenters. The third-order valence-corrected chi connectivity index (χ3v) is 2.59.